The molecule has 0 aromatic carbocycles. The van der Waals surface area contributed by atoms with E-state index in [1.165, 1.54) is 6.92 Å². The molecule has 1 unspecified atom stereocenters. The van der Waals surface area contributed by atoms with Gasteiger partial charge < -0.3 is 9.80 Å². The molecule has 1 atom stereocenters. The Bertz CT molecular complexity index is 406. The molecule has 0 radical (unpaired) electrons. The van der Waals surface area contributed by atoms with E-state index < -0.39 is 24.5 Å². The number of carbonyl (C=O) groups excluding carboxylic acids is 2. The molecule has 1 saturated heterocycles. The second-order valence-corrected chi connectivity index (χ2v) is 5.85. The fourth-order valence-electron chi connectivity index (χ4n) is 3.29. The van der Waals surface area contributed by atoms with Crippen molar-refractivity contribution in [2.24, 2.45) is 5.92 Å². The van der Waals surface area contributed by atoms with Gasteiger partial charge in [0.15, 0.2) is 0 Å². The Labute approximate surface area is 122 Å². The second kappa shape index (κ2) is 6.23. The molecular formula is C14H21F3N2O2. The lowest BCUT2D eigenvalue weighted by Crippen LogP contribution is -2.43. The summed E-state index contributed by atoms with van der Waals surface area (Å²) in [5.74, 6) is -1.27. The number of halogens is 3. The molecule has 4 nitrogen and oxygen atoms in total. The van der Waals surface area contributed by atoms with Crippen molar-refractivity contribution in [3.63, 3.8) is 0 Å². The van der Waals surface area contributed by atoms with Crippen LogP contribution in [0.1, 0.15) is 39.0 Å². The van der Waals surface area contributed by atoms with Gasteiger partial charge in [-0.25, -0.2) is 0 Å². The Morgan fingerprint density at radius 2 is 1.95 bits per heavy atom. The first-order valence-electron chi connectivity index (χ1n) is 7.47. The Morgan fingerprint density at radius 3 is 2.48 bits per heavy atom. The summed E-state index contributed by atoms with van der Waals surface area (Å²) in [6.07, 6.45) is -0.340. The average molecular weight is 306 g/mol. The van der Waals surface area contributed by atoms with Crippen LogP contribution in [0.3, 0.4) is 0 Å². The molecule has 2 fully saturated rings. The zero-order valence-corrected chi connectivity index (χ0v) is 12.2. The topological polar surface area (TPSA) is 40.6 Å². The molecule has 1 aliphatic carbocycles. The Hall–Kier alpha value is -1.27. The summed E-state index contributed by atoms with van der Waals surface area (Å²) < 4.78 is 37.4. The zero-order chi connectivity index (χ0) is 15.6. The fourth-order valence-corrected chi connectivity index (χ4v) is 3.29. The summed E-state index contributed by atoms with van der Waals surface area (Å²) in [4.78, 5) is 26.7. The number of carbonyl (C=O) groups is 2. The molecule has 2 amide bonds. The van der Waals surface area contributed by atoms with Crippen LogP contribution in [-0.4, -0.2) is 53.5 Å². The molecule has 2 aliphatic rings. The first-order valence-corrected chi connectivity index (χ1v) is 7.47. The van der Waals surface area contributed by atoms with E-state index in [0.29, 0.717) is 0 Å². The van der Waals surface area contributed by atoms with Gasteiger partial charge in [0, 0.05) is 25.6 Å². The van der Waals surface area contributed by atoms with Crippen molar-refractivity contribution in [3.8, 4) is 0 Å². The van der Waals surface area contributed by atoms with E-state index in [1.807, 2.05) is 0 Å². The highest BCUT2D eigenvalue weighted by Gasteiger charge is 2.41. The Kier molecular flexibility index (Phi) is 4.78. The van der Waals surface area contributed by atoms with Gasteiger partial charge in [-0.2, -0.15) is 13.2 Å². The van der Waals surface area contributed by atoms with Crippen LogP contribution in [0.15, 0.2) is 0 Å². The molecular weight excluding hydrogens is 285 g/mol. The third-order valence-corrected chi connectivity index (χ3v) is 4.34. The molecule has 1 saturated carbocycles. The van der Waals surface area contributed by atoms with Crippen LogP contribution in [0.2, 0.25) is 0 Å². The number of hydrogen-bond donors (Lipinski definition) is 0. The zero-order valence-electron chi connectivity index (χ0n) is 12.2. The standard InChI is InChI=1S/C14H21F3N2O2/c1-2-18(9-14(15,16)17)13(21)10-7-12(20)19(8-10)11-5-3-4-6-11/h10-11H,2-9H2,1H3. The molecule has 2 rings (SSSR count). The summed E-state index contributed by atoms with van der Waals surface area (Å²) in [5.41, 5.74) is 0. The molecule has 0 spiro atoms. The quantitative estimate of drug-likeness (QED) is 0.799. The summed E-state index contributed by atoms with van der Waals surface area (Å²) in [6, 6.07) is 0.174. The van der Waals surface area contributed by atoms with Gasteiger partial charge in [0.2, 0.25) is 11.8 Å². The van der Waals surface area contributed by atoms with Gasteiger partial charge in [-0.1, -0.05) is 12.8 Å². The Balaban J connectivity index is 1.98. The van der Waals surface area contributed by atoms with E-state index in [-0.39, 0.29) is 31.5 Å². The number of amides is 2. The van der Waals surface area contributed by atoms with Gasteiger partial charge in [-0.3, -0.25) is 9.59 Å². The molecule has 0 aromatic heterocycles. The third kappa shape index (κ3) is 3.89. The monoisotopic (exact) mass is 306 g/mol. The van der Waals surface area contributed by atoms with Crippen molar-refractivity contribution < 1.29 is 22.8 Å². The van der Waals surface area contributed by atoms with E-state index in [0.717, 1.165) is 30.6 Å². The molecule has 120 valence electrons. The number of nitrogens with zero attached hydrogens (tertiary/aromatic N) is 2. The van der Waals surface area contributed by atoms with E-state index in [9.17, 15) is 22.8 Å². The number of rotatable bonds is 4. The maximum Gasteiger partial charge on any atom is 0.406 e. The normalized spacial score (nSPS) is 23.9. The van der Waals surface area contributed by atoms with Gasteiger partial charge in [-0.05, 0) is 19.8 Å². The maximum atomic E-state index is 12.5. The highest BCUT2D eigenvalue weighted by atomic mass is 19.4. The molecule has 0 bridgehead atoms. The second-order valence-electron chi connectivity index (χ2n) is 5.85. The third-order valence-electron chi connectivity index (χ3n) is 4.34. The molecule has 7 heteroatoms. The van der Waals surface area contributed by atoms with Crippen LogP contribution in [0.25, 0.3) is 0 Å². The number of hydrogen-bond acceptors (Lipinski definition) is 2. The highest BCUT2D eigenvalue weighted by Crippen LogP contribution is 2.30. The molecule has 0 N–H and O–H groups in total. The summed E-state index contributed by atoms with van der Waals surface area (Å²) in [5, 5.41) is 0. The first-order chi connectivity index (χ1) is 9.81. The summed E-state index contributed by atoms with van der Waals surface area (Å²) >= 11 is 0. The van der Waals surface area contributed by atoms with Crippen LogP contribution >= 0.6 is 0 Å². The lowest BCUT2D eigenvalue weighted by atomic mass is 10.1. The minimum absolute atomic E-state index is 0.00641. The first kappa shape index (κ1) is 16.1. The van der Waals surface area contributed by atoms with Gasteiger partial charge >= 0.3 is 6.18 Å². The van der Waals surface area contributed by atoms with Crippen LogP contribution < -0.4 is 0 Å². The van der Waals surface area contributed by atoms with E-state index in [1.54, 1.807) is 4.90 Å². The van der Waals surface area contributed by atoms with Gasteiger partial charge in [0.05, 0.1) is 5.92 Å². The predicted octanol–water partition coefficient (Wildman–Crippen LogP) is 2.19. The molecule has 1 aliphatic heterocycles. The lowest BCUT2D eigenvalue weighted by molar-refractivity contribution is -0.163. The molecule has 1 heterocycles. The number of alkyl halides is 3. The van der Waals surface area contributed by atoms with E-state index in [2.05, 4.69) is 0 Å². The average Bonchev–Trinajstić information content (AvgIpc) is 3.02. The van der Waals surface area contributed by atoms with Crippen molar-refractivity contribution in [3.05, 3.63) is 0 Å². The van der Waals surface area contributed by atoms with Crippen molar-refractivity contribution in [2.75, 3.05) is 19.6 Å². The van der Waals surface area contributed by atoms with Crippen molar-refractivity contribution in [1.29, 1.82) is 0 Å². The number of likely N-dealkylation sites (tertiary alicyclic amines) is 1. The summed E-state index contributed by atoms with van der Waals surface area (Å²) in [6.45, 7) is 0.564. The van der Waals surface area contributed by atoms with Crippen molar-refractivity contribution >= 4 is 11.8 Å². The summed E-state index contributed by atoms with van der Waals surface area (Å²) in [7, 11) is 0. The van der Waals surface area contributed by atoms with Crippen LogP contribution in [0.5, 0.6) is 0 Å². The predicted molar refractivity (Wildman–Crippen MR) is 70.4 cm³/mol. The minimum Gasteiger partial charge on any atom is -0.339 e. The SMILES string of the molecule is CCN(CC(F)(F)F)C(=O)C1CC(=O)N(C2CCCC2)C1. The van der Waals surface area contributed by atoms with E-state index in [4.69, 9.17) is 0 Å². The van der Waals surface area contributed by atoms with Crippen molar-refractivity contribution in [1.82, 2.24) is 9.80 Å². The smallest absolute Gasteiger partial charge is 0.339 e. The lowest BCUT2D eigenvalue weighted by Gasteiger charge is -2.26. The van der Waals surface area contributed by atoms with E-state index >= 15 is 0 Å². The van der Waals surface area contributed by atoms with Crippen LogP contribution in [0.4, 0.5) is 13.2 Å². The largest absolute Gasteiger partial charge is 0.406 e. The molecule has 0 aromatic rings. The van der Waals surface area contributed by atoms with Crippen LogP contribution in [0, 0.1) is 5.92 Å². The molecule has 21 heavy (non-hydrogen) atoms. The highest BCUT2D eigenvalue weighted by molar-refractivity contribution is 5.89. The van der Waals surface area contributed by atoms with Gasteiger partial charge in [-0.15, -0.1) is 0 Å². The minimum atomic E-state index is -4.40. The van der Waals surface area contributed by atoms with Gasteiger partial charge in [0.1, 0.15) is 6.54 Å². The maximum absolute atomic E-state index is 12.5. The van der Waals surface area contributed by atoms with Crippen LogP contribution in [-0.2, 0) is 9.59 Å². The Morgan fingerprint density at radius 1 is 1.33 bits per heavy atom. The van der Waals surface area contributed by atoms with Gasteiger partial charge in [0.25, 0.3) is 0 Å². The van der Waals surface area contributed by atoms with Crippen molar-refractivity contribution in [2.45, 2.75) is 51.2 Å². The fraction of sp³-hybridized carbons (Fsp3) is 0.857.